The number of esters is 1. The zero-order chi connectivity index (χ0) is 17.0. The first kappa shape index (κ1) is 16.5. The highest BCUT2D eigenvalue weighted by Gasteiger charge is 2.21. The molecule has 1 aromatic carbocycles. The minimum Gasteiger partial charge on any atom is -0.494 e. The molecule has 0 saturated heterocycles. The summed E-state index contributed by atoms with van der Waals surface area (Å²) in [6.45, 7) is 3.06. The number of nitrogens with one attached hydrogen (secondary N) is 1. The number of amides is 1. The van der Waals surface area contributed by atoms with E-state index >= 15 is 0 Å². The quantitative estimate of drug-likeness (QED) is 0.850. The average molecular weight is 322 g/mol. The summed E-state index contributed by atoms with van der Waals surface area (Å²) in [6, 6.07) is 5.14. The Morgan fingerprint density at radius 1 is 1.35 bits per heavy atom. The van der Waals surface area contributed by atoms with E-state index in [1.165, 1.54) is 32.2 Å². The van der Waals surface area contributed by atoms with E-state index in [9.17, 15) is 14.0 Å². The molecule has 2 aromatic rings. The van der Waals surface area contributed by atoms with Crippen molar-refractivity contribution < 1.29 is 28.0 Å². The maximum Gasteiger partial charge on any atom is 0.339 e. The van der Waals surface area contributed by atoms with Gasteiger partial charge >= 0.3 is 5.97 Å². The molecule has 8 heteroatoms. The van der Waals surface area contributed by atoms with Gasteiger partial charge in [0.05, 0.1) is 12.7 Å². The summed E-state index contributed by atoms with van der Waals surface area (Å²) < 4.78 is 28.1. The molecule has 0 spiro atoms. The highest BCUT2D eigenvalue weighted by atomic mass is 19.1. The molecule has 7 nitrogen and oxygen atoms in total. The van der Waals surface area contributed by atoms with Gasteiger partial charge in [-0.05, 0) is 32.0 Å². The molecule has 0 fully saturated rings. The minimum atomic E-state index is -1.09. The number of aromatic nitrogens is 1. The minimum absolute atomic E-state index is 0.00810. The van der Waals surface area contributed by atoms with E-state index < -0.39 is 23.8 Å². The summed E-state index contributed by atoms with van der Waals surface area (Å²) >= 11 is 0. The highest BCUT2D eigenvalue weighted by molar-refractivity contribution is 5.96. The topological polar surface area (TPSA) is 90.7 Å². The molecule has 0 aliphatic rings. The maximum absolute atomic E-state index is 13.6. The van der Waals surface area contributed by atoms with Crippen LogP contribution in [-0.4, -0.2) is 30.2 Å². The Hall–Kier alpha value is -2.90. The molecule has 0 aliphatic heterocycles. The molecule has 23 heavy (non-hydrogen) atoms. The summed E-state index contributed by atoms with van der Waals surface area (Å²) in [5, 5.41) is 6.03. The predicted molar refractivity (Wildman–Crippen MR) is 77.7 cm³/mol. The Kier molecular flexibility index (Phi) is 4.95. The number of ether oxygens (including phenoxy) is 2. The second-order valence-corrected chi connectivity index (χ2v) is 4.71. The number of rotatable bonds is 5. The monoisotopic (exact) mass is 322 g/mol. The zero-order valence-corrected chi connectivity index (χ0v) is 12.8. The van der Waals surface area contributed by atoms with Gasteiger partial charge in [0.25, 0.3) is 5.91 Å². The van der Waals surface area contributed by atoms with Crippen LogP contribution in [0.3, 0.4) is 0 Å². The standard InChI is InChI=1S/C15H15FN2O5/c1-8-6-13(18-23-8)17-14(19)9(2)22-15(20)10-4-5-12(21-3)11(16)7-10/h4-7,9H,1-3H3,(H,17,18,19)/t9-/m1/s1. The molecule has 1 aromatic heterocycles. The van der Waals surface area contributed by atoms with Crippen molar-refractivity contribution in [2.75, 3.05) is 12.4 Å². The van der Waals surface area contributed by atoms with E-state index in [2.05, 4.69) is 10.5 Å². The number of nitrogens with zero attached hydrogens (tertiary/aromatic N) is 1. The third-order valence-corrected chi connectivity index (χ3v) is 2.92. The zero-order valence-electron chi connectivity index (χ0n) is 12.8. The lowest BCUT2D eigenvalue weighted by Gasteiger charge is -2.12. The van der Waals surface area contributed by atoms with Crippen LogP contribution in [0.4, 0.5) is 10.2 Å². The van der Waals surface area contributed by atoms with Crippen LogP contribution in [0.1, 0.15) is 23.0 Å². The van der Waals surface area contributed by atoms with Crippen LogP contribution in [0.25, 0.3) is 0 Å². The SMILES string of the molecule is COc1ccc(C(=O)O[C@H](C)C(=O)Nc2cc(C)on2)cc1F. The Morgan fingerprint density at radius 2 is 2.09 bits per heavy atom. The smallest absolute Gasteiger partial charge is 0.339 e. The molecule has 2 rings (SSSR count). The normalized spacial score (nSPS) is 11.7. The molecule has 1 heterocycles. The molecule has 1 N–H and O–H groups in total. The van der Waals surface area contributed by atoms with Crippen molar-refractivity contribution in [2.45, 2.75) is 20.0 Å². The molecular formula is C15H15FN2O5. The summed E-state index contributed by atoms with van der Waals surface area (Å²) in [5.74, 6) is -1.36. The van der Waals surface area contributed by atoms with Gasteiger partial charge in [0.15, 0.2) is 23.5 Å². The molecular weight excluding hydrogens is 307 g/mol. The van der Waals surface area contributed by atoms with Gasteiger partial charge in [-0.15, -0.1) is 0 Å². The number of anilines is 1. The van der Waals surface area contributed by atoms with Crippen molar-refractivity contribution >= 4 is 17.7 Å². The van der Waals surface area contributed by atoms with Gasteiger partial charge < -0.3 is 19.3 Å². The van der Waals surface area contributed by atoms with Crippen molar-refractivity contribution in [1.82, 2.24) is 5.16 Å². The first-order valence-corrected chi connectivity index (χ1v) is 6.69. The second kappa shape index (κ2) is 6.91. The van der Waals surface area contributed by atoms with E-state index in [1.54, 1.807) is 6.92 Å². The van der Waals surface area contributed by atoms with E-state index in [0.717, 1.165) is 6.07 Å². The van der Waals surface area contributed by atoms with Crippen molar-refractivity contribution in [3.05, 3.63) is 41.4 Å². The molecule has 1 atom stereocenters. The lowest BCUT2D eigenvalue weighted by atomic mass is 10.2. The van der Waals surface area contributed by atoms with E-state index in [4.69, 9.17) is 14.0 Å². The van der Waals surface area contributed by atoms with E-state index in [-0.39, 0.29) is 17.1 Å². The van der Waals surface area contributed by atoms with Crippen molar-refractivity contribution in [3.8, 4) is 5.75 Å². The third kappa shape index (κ3) is 4.06. The fraction of sp³-hybridized carbons (Fsp3) is 0.267. The second-order valence-electron chi connectivity index (χ2n) is 4.71. The first-order chi connectivity index (χ1) is 10.9. The van der Waals surface area contributed by atoms with Crippen LogP contribution in [0, 0.1) is 12.7 Å². The van der Waals surface area contributed by atoms with Gasteiger partial charge in [0.1, 0.15) is 5.76 Å². The van der Waals surface area contributed by atoms with Gasteiger partial charge in [-0.25, -0.2) is 9.18 Å². The van der Waals surface area contributed by atoms with Crippen molar-refractivity contribution in [2.24, 2.45) is 0 Å². The fourth-order valence-corrected chi connectivity index (χ4v) is 1.73. The molecule has 122 valence electrons. The Bertz CT molecular complexity index is 728. The Morgan fingerprint density at radius 3 is 2.65 bits per heavy atom. The molecule has 0 saturated carbocycles. The van der Waals surface area contributed by atoms with Crippen LogP contribution < -0.4 is 10.1 Å². The third-order valence-electron chi connectivity index (χ3n) is 2.92. The number of carbonyl (C=O) groups excluding carboxylic acids is 2. The lowest BCUT2D eigenvalue weighted by Crippen LogP contribution is -2.30. The predicted octanol–water partition coefficient (Wildman–Crippen LogP) is 2.31. The van der Waals surface area contributed by atoms with Gasteiger partial charge in [0.2, 0.25) is 0 Å². The lowest BCUT2D eigenvalue weighted by molar-refractivity contribution is -0.123. The number of halogens is 1. The fourth-order valence-electron chi connectivity index (χ4n) is 1.73. The summed E-state index contributed by atoms with van der Waals surface area (Å²) in [6.07, 6.45) is -1.09. The maximum atomic E-state index is 13.6. The Balaban J connectivity index is 1.98. The number of carbonyl (C=O) groups is 2. The van der Waals surface area contributed by atoms with Crippen molar-refractivity contribution in [1.29, 1.82) is 0 Å². The highest BCUT2D eigenvalue weighted by Crippen LogP contribution is 2.18. The van der Waals surface area contributed by atoms with Crippen LogP contribution in [0.2, 0.25) is 0 Å². The molecule has 1 amide bonds. The van der Waals surface area contributed by atoms with Crippen LogP contribution >= 0.6 is 0 Å². The van der Waals surface area contributed by atoms with Crippen LogP contribution in [0.15, 0.2) is 28.8 Å². The summed E-state index contributed by atoms with van der Waals surface area (Å²) in [5.41, 5.74) is -0.0276. The Labute approximate surface area is 131 Å². The van der Waals surface area contributed by atoms with Gasteiger partial charge in [0, 0.05) is 6.07 Å². The largest absolute Gasteiger partial charge is 0.494 e. The summed E-state index contributed by atoms with van der Waals surface area (Å²) in [4.78, 5) is 23.8. The number of methoxy groups -OCH3 is 1. The number of hydrogen-bond acceptors (Lipinski definition) is 6. The van der Waals surface area contributed by atoms with Crippen LogP contribution in [0.5, 0.6) is 5.75 Å². The molecule has 0 bridgehead atoms. The average Bonchev–Trinajstić information content (AvgIpc) is 2.92. The van der Waals surface area contributed by atoms with Gasteiger partial charge in [-0.2, -0.15) is 0 Å². The van der Waals surface area contributed by atoms with Crippen LogP contribution in [-0.2, 0) is 9.53 Å². The van der Waals surface area contributed by atoms with Crippen molar-refractivity contribution in [3.63, 3.8) is 0 Å². The van der Waals surface area contributed by atoms with Gasteiger partial charge in [-0.1, -0.05) is 5.16 Å². The van der Waals surface area contributed by atoms with E-state index in [0.29, 0.717) is 5.76 Å². The number of aryl methyl sites for hydroxylation is 1. The molecule has 0 aliphatic carbocycles. The van der Waals surface area contributed by atoms with Gasteiger partial charge in [-0.3, -0.25) is 4.79 Å². The molecule has 0 unspecified atom stereocenters. The number of hydrogen-bond donors (Lipinski definition) is 1. The summed E-state index contributed by atoms with van der Waals surface area (Å²) in [7, 11) is 1.31. The first-order valence-electron chi connectivity index (χ1n) is 6.69. The number of benzene rings is 1. The molecule has 0 radical (unpaired) electrons. The van der Waals surface area contributed by atoms with E-state index in [1.807, 2.05) is 0 Å².